The van der Waals surface area contributed by atoms with Crippen molar-refractivity contribution in [3.05, 3.63) is 47.3 Å². The zero-order valence-corrected chi connectivity index (χ0v) is 17.3. The highest BCUT2D eigenvalue weighted by atomic mass is 16.5. The number of amides is 3. The Morgan fingerprint density at radius 2 is 1.90 bits per heavy atom. The minimum Gasteiger partial charge on any atom is -0.385 e. The van der Waals surface area contributed by atoms with Crippen molar-refractivity contribution in [1.82, 2.24) is 19.6 Å². The van der Waals surface area contributed by atoms with Crippen molar-refractivity contribution in [3.8, 4) is 0 Å². The Hall–Kier alpha value is -2.87. The molecule has 2 atom stereocenters. The summed E-state index contributed by atoms with van der Waals surface area (Å²) < 4.78 is 5.16. The lowest BCUT2D eigenvalue weighted by molar-refractivity contribution is -0.137. The van der Waals surface area contributed by atoms with Crippen LogP contribution in [-0.2, 0) is 16.1 Å². The Balaban J connectivity index is 1.59. The van der Waals surface area contributed by atoms with Gasteiger partial charge in [0.25, 0.3) is 5.91 Å². The van der Waals surface area contributed by atoms with E-state index in [0.717, 1.165) is 35.7 Å². The van der Waals surface area contributed by atoms with Crippen LogP contribution in [0, 0.1) is 6.92 Å². The lowest BCUT2D eigenvalue weighted by Crippen LogP contribution is -2.63. The van der Waals surface area contributed by atoms with Crippen LogP contribution in [0.1, 0.15) is 24.5 Å². The van der Waals surface area contributed by atoms with Crippen molar-refractivity contribution < 1.29 is 14.3 Å². The Labute approximate surface area is 171 Å². The number of aryl methyl sites for hydroxylation is 1. The fraction of sp³-hybridized carbons (Fsp3) is 0.476. The first kappa shape index (κ1) is 19.4. The predicted octanol–water partition coefficient (Wildman–Crippen LogP) is 1.97. The van der Waals surface area contributed by atoms with Crippen LogP contribution in [0.25, 0.3) is 0 Å². The van der Waals surface area contributed by atoms with Gasteiger partial charge in [0.1, 0.15) is 0 Å². The highest BCUT2D eigenvalue weighted by molar-refractivity contribution is 6.04. The molecule has 0 aliphatic carbocycles. The number of nitrogens with zero attached hydrogens (tertiary/aromatic N) is 5. The Morgan fingerprint density at radius 3 is 2.62 bits per heavy atom. The number of urea groups is 1. The molecule has 4 rings (SSSR count). The van der Waals surface area contributed by atoms with E-state index in [1.54, 1.807) is 19.1 Å². The van der Waals surface area contributed by atoms with Crippen LogP contribution in [0.3, 0.4) is 0 Å². The number of methoxy groups -OCH3 is 1. The number of benzene rings is 1. The highest BCUT2D eigenvalue weighted by Gasteiger charge is 2.54. The molecule has 3 heterocycles. The second-order valence-electron chi connectivity index (χ2n) is 7.71. The van der Waals surface area contributed by atoms with Crippen LogP contribution in [0.15, 0.2) is 41.2 Å². The summed E-state index contributed by atoms with van der Waals surface area (Å²) in [6.07, 6.45) is 2.31. The average molecular weight is 397 g/mol. The molecular formula is C21H27N5O3. The molecule has 0 aromatic heterocycles. The maximum atomic E-state index is 13.4. The minimum absolute atomic E-state index is 0.206. The van der Waals surface area contributed by atoms with Gasteiger partial charge in [-0.25, -0.2) is 9.79 Å². The molecule has 2 unspecified atom stereocenters. The maximum Gasteiger partial charge on any atom is 0.328 e. The van der Waals surface area contributed by atoms with E-state index in [9.17, 15) is 9.59 Å². The SMILES string of the molecule is COCCCN1C(C)=CN2C1=NC1C2C(=O)N(Cc2ccccc2C)C(=O)N1C. The molecule has 8 nitrogen and oxygen atoms in total. The van der Waals surface area contributed by atoms with Gasteiger partial charge >= 0.3 is 6.03 Å². The first-order valence-corrected chi connectivity index (χ1v) is 9.87. The minimum atomic E-state index is -0.529. The normalized spacial score (nSPS) is 23.4. The molecule has 1 fully saturated rings. The molecule has 0 bridgehead atoms. The fourth-order valence-corrected chi connectivity index (χ4v) is 4.15. The molecule has 1 saturated heterocycles. The summed E-state index contributed by atoms with van der Waals surface area (Å²) in [6, 6.07) is 6.98. The van der Waals surface area contributed by atoms with Gasteiger partial charge in [-0.05, 0) is 31.4 Å². The van der Waals surface area contributed by atoms with Crippen LogP contribution in [-0.4, -0.2) is 77.0 Å². The molecule has 3 aliphatic heterocycles. The van der Waals surface area contributed by atoms with Crippen LogP contribution < -0.4 is 0 Å². The molecule has 154 valence electrons. The first-order chi connectivity index (χ1) is 13.9. The third-order valence-corrected chi connectivity index (χ3v) is 5.82. The van der Waals surface area contributed by atoms with Gasteiger partial charge < -0.3 is 19.4 Å². The number of hydrogen-bond acceptors (Lipinski definition) is 6. The van der Waals surface area contributed by atoms with Crippen LogP contribution in [0.4, 0.5) is 4.79 Å². The standard InChI is InChI=1S/C21H27N5O3/c1-14-8-5-6-9-16(14)13-26-19(27)17-18(23(3)21(26)28)22-20-24(10-7-11-29-4)15(2)12-25(17)20/h5-6,8-9,12,17-18H,7,10-11,13H2,1-4H3. The van der Waals surface area contributed by atoms with E-state index < -0.39 is 12.2 Å². The predicted molar refractivity (Wildman–Crippen MR) is 109 cm³/mol. The molecule has 0 N–H and O–H groups in total. The molecule has 8 heteroatoms. The number of aliphatic imine (C=N–C) groups is 1. The van der Waals surface area contributed by atoms with E-state index >= 15 is 0 Å². The lowest BCUT2D eigenvalue weighted by atomic mass is 10.1. The van der Waals surface area contributed by atoms with E-state index in [4.69, 9.17) is 9.73 Å². The first-order valence-electron chi connectivity index (χ1n) is 9.87. The molecule has 0 radical (unpaired) electrons. The van der Waals surface area contributed by atoms with Gasteiger partial charge in [-0.1, -0.05) is 24.3 Å². The van der Waals surface area contributed by atoms with Crippen molar-refractivity contribution >= 4 is 17.9 Å². The van der Waals surface area contributed by atoms with Crippen molar-refractivity contribution in [2.45, 2.75) is 39.0 Å². The van der Waals surface area contributed by atoms with Gasteiger partial charge in [0.2, 0.25) is 5.96 Å². The Kier molecular flexibility index (Phi) is 5.04. The van der Waals surface area contributed by atoms with Crippen molar-refractivity contribution in [1.29, 1.82) is 0 Å². The van der Waals surface area contributed by atoms with E-state index in [0.29, 0.717) is 6.61 Å². The summed E-state index contributed by atoms with van der Waals surface area (Å²) in [7, 11) is 3.40. The summed E-state index contributed by atoms with van der Waals surface area (Å²) in [5, 5.41) is 0. The number of fused-ring (bicyclic) bond motifs is 3. The fourth-order valence-electron chi connectivity index (χ4n) is 4.15. The number of carbonyl (C=O) groups is 2. The Bertz CT molecular complexity index is 896. The summed E-state index contributed by atoms with van der Waals surface area (Å²) in [6.45, 7) is 5.67. The van der Waals surface area contributed by atoms with E-state index in [1.807, 2.05) is 49.2 Å². The number of allylic oxidation sites excluding steroid dienone is 1. The number of hydrogen-bond donors (Lipinski definition) is 0. The number of carbonyl (C=O) groups excluding carboxylic acids is 2. The molecule has 3 aliphatic rings. The lowest BCUT2D eigenvalue weighted by Gasteiger charge is -2.40. The smallest absolute Gasteiger partial charge is 0.328 e. The van der Waals surface area contributed by atoms with Gasteiger partial charge in [0.15, 0.2) is 12.2 Å². The molecule has 3 amide bonds. The third kappa shape index (κ3) is 3.17. The van der Waals surface area contributed by atoms with Gasteiger partial charge in [-0.2, -0.15) is 0 Å². The van der Waals surface area contributed by atoms with Crippen molar-refractivity contribution in [3.63, 3.8) is 0 Å². The number of ether oxygens (including phenoxy) is 1. The number of rotatable bonds is 6. The van der Waals surface area contributed by atoms with E-state index in [-0.39, 0.29) is 18.5 Å². The monoisotopic (exact) mass is 397 g/mol. The van der Waals surface area contributed by atoms with Crippen molar-refractivity contribution in [2.24, 2.45) is 4.99 Å². The largest absolute Gasteiger partial charge is 0.385 e. The molecule has 0 spiro atoms. The number of likely N-dealkylation sites (N-methyl/N-ethyl adjacent to an activating group) is 1. The van der Waals surface area contributed by atoms with Crippen LogP contribution in [0.5, 0.6) is 0 Å². The second-order valence-corrected chi connectivity index (χ2v) is 7.71. The summed E-state index contributed by atoms with van der Waals surface area (Å²) in [5.74, 6) is 0.530. The van der Waals surface area contributed by atoms with E-state index in [1.165, 1.54) is 4.90 Å². The quantitative estimate of drug-likeness (QED) is 0.687. The van der Waals surface area contributed by atoms with Gasteiger partial charge in [0.05, 0.1) is 6.54 Å². The topological polar surface area (TPSA) is 68.7 Å². The molecule has 29 heavy (non-hydrogen) atoms. The molecule has 1 aromatic carbocycles. The molecule has 0 saturated carbocycles. The second kappa shape index (κ2) is 7.51. The summed E-state index contributed by atoms with van der Waals surface area (Å²) in [4.78, 5) is 38.0. The summed E-state index contributed by atoms with van der Waals surface area (Å²) in [5.41, 5.74) is 3.06. The average Bonchev–Trinajstić information content (AvgIpc) is 3.21. The van der Waals surface area contributed by atoms with Crippen molar-refractivity contribution in [2.75, 3.05) is 27.3 Å². The summed E-state index contributed by atoms with van der Waals surface area (Å²) >= 11 is 0. The van der Waals surface area contributed by atoms with Crippen LogP contribution in [0.2, 0.25) is 0 Å². The third-order valence-electron chi connectivity index (χ3n) is 5.82. The zero-order chi connectivity index (χ0) is 20.7. The molecular weight excluding hydrogens is 370 g/mol. The molecule has 1 aromatic rings. The number of imide groups is 1. The van der Waals surface area contributed by atoms with Gasteiger partial charge in [-0.3, -0.25) is 9.69 Å². The van der Waals surface area contributed by atoms with Crippen LogP contribution >= 0.6 is 0 Å². The highest BCUT2D eigenvalue weighted by Crippen LogP contribution is 2.34. The maximum absolute atomic E-state index is 13.4. The Morgan fingerprint density at radius 1 is 1.14 bits per heavy atom. The van der Waals surface area contributed by atoms with E-state index in [2.05, 4.69) is 4.90 Å². The van der Waals surface area contributed by atoms with Gasteiger partial charge in [-0.15, -0.1) is 0 Å². The van der Waals surface area contributed by atoms with Gasteiger partial charge in [0, 0.05) is 39.2 Å². The number of guanidine groups is 1. The zero-order valence-electron chi connectivity index (χ0n) is 17.3.